The van der Waals surface area contributed by atoms with Gasteiger partial charge in [-0.15, -0.1) is 0 Å². The zero-order chi connectivity index (χ0) is 29.9. The van der Waals surface area contributed by atoms with E-state index in [1.807, 2.05) is 20.8 Å². The van der Waals surface area contributed by atoms with E-state index in [2.05, 4.69) is 0 Å². The van der Waals surface area contributed by atoms with Gasteiger partial charge in [0, 0.05) is 6.42 Å². The number of rotatable bonds is 18. The van der Waals surface area contributed by atoms with Gasteiger partial charge in [-0.25, -0.2) is 9.59 Å². The summed E-state index contributed by atoms with van der Waals surface area (Å²) in [5, 5.41) is 0. The zero-order valence-electron chi connectivity index (χ0n) is 24.4. The number of carbonyl (C=O) groups is 4. The van der Waals surface area contributed by atoms with Crippen LogP contribution in [0, 0.1) is 0 Å². The van der Waals surface area contributed by atoms with Crippen molar-refractivity contribution < 1.29 is 47.6 Å². The van der Waals surface area contributed by atoms with Crippen molar-refractivity contribution in [1.82, 2.24) is 0 Å². The molecule has 0 unspecified atom stereocenters. The number of carbonyl (C=O) groups excluding carboxylic acids is 4. The lowest BCUT2D eigenvalue weighted by molar-refractivity contribution is -0.166. The fourth-order valence-electron chi connectivity index (χ4n) is 3.27. The number of benzene rings is 1. The van der Waals surface area contributed by atoms with Gasteiger partial charge in [-0.05, 0) is 57.2 Å². The maximum Gasteiger partial charge on any atom is 0.513 e. The molecule has 1 aromatic rings. The highest BCUT2D eigenvalue weighted by molar-refractivity contribution is 5.76. The Labute approximate surface area is 236 Å². The van der Waals surface area contributed by atoms with Crippen molar-refractivity contribution in [3.05, 3.63) is 23.8 Å². The van der Waals surface area contributed by atoms with Crippen LogP contribution < -0.4 is 15.2 Å². The van der Waals surface area contributed by atoms with Gasteiger partial charge in [0.25, 0.3) is 0 Å². The molecule has 40 heavy (non-hydrogen) atoms. The number of hydrogen-bond acceptors (Lipinski definition) is 11. The maximum absolute atomic E-state index is 12.6. The first-order chi connectivity index (χ1) is 19.1. The molecule has 11 heteroatoms. The summed E-state index contributed by atoms with van der Waals surface area (Å²) in [6, 6.07) is 3.34. The molecule has 226 valence electrons. The lowest BCUT2D eigenvalue weighted by Gasteiger charge is -2.22. The van der Waals surface area contributed by atoms with E-state index in [-0.39, 0.29) is 37.1 Å². The van der Waals surface area contributed by atoms with Gasteiger partial charge >= 0.3 is 24.2 Å². The normalized spacial score (nSPS) is 12.9. The highest BCUT2D eigenvalue weighted by Crippen LogP contribution is 2.30. The maximum atomic E-state index is 12.6. The van der Waals surface area contributed by atoms with E-state index in [1.54, 1.807) is 19.9 Å². The van der Waals surface area contributed by atoms with E-state index < -0.39 is 36.5 Å². The summed E-state index contributed by atoms with van der Waals surface area (Å²) < 4.78 is 31.3. The predicted molar refractivity (Wildman–Crippen MR) is 147 cm³/mol. The highest BCUT2D eigenvalue weighted by Gasteiger charge is 2.25. The highest BCUT2D eigenvalue weighted by atomic mass is 16.7. The number of hydrogen-bond donors (Lipinski definition) is 1. The minimum Gasteiger partial charge on any atom is -0.459 e. The van der Waals surface area contributed by atoms with Crippen molar-refractivity contribution in [1.29, 1.82) is 0 Å². The lowest BCUT2D eigenvalue weighted by Crippen LogP contribution is -2.39. The standard InChI is InChI=1S/C29H45NO10/c1-6-9-12-13-26(31)37-20(4)21(5)38-27(32)23(30)18-22-14-15-24(39-28(33)35-16-10-7-2)25(19-22)40-29(34)36-17-11-8-3/h14-15,19-21,23H,6-13,16-18,30H2,1-5H3/t20-,21-,23-/m0/s1. The summed E-state index contributed by atoms with van der Waals surface area (Å²) in [4.78, 5) is 48.8. The molecule has 3 atom stereocenters. The Bertz CT molecular complexity index is 935. The van der Waals surface area contributed by atoms with Crippen molar-refractivity contribution in [3.63, 3.8) is 0 Å². The Balaban J connectivity index is 2.84. The van der Waals surface area contributed by atoms with Gasteiger partial charge in [-0.1, -0.05) is 52.5 Å². The monoisotopic (exact) mass is 567 g/mol. The van der Waals surface area contributed by atoms with Gasteiger partial charge in [-0.3, -0.25) is 9.59 Å². The van der Waals surface area contributed by atoms with Crippen LogP contribution in [0.2, 0.25) is 0 Å². The summed E-state index contributed by atoms with van der Waals surface area (Å²) in [6.45, 7) is 9.58. The second kappa shape index (κ2) is 19.7. The van der Waals surface area contributed by atoms with E-state index in [0.29, 0.717) is 24.8 Å². The smallest absolute Gasteiger partial charge is 0.459 e. The summed E-state index contributed by atoms with van der Waals surface area (Å²) in [5.74, 6) is -1.19. The first kappa shape index (κ1) is 34.7. The fraction of sp³-hybridized carbons (Fsp3) is 0.655. The molecule has 0 radical (unpaired) electrons. The number of esters is 2. The van der Waals surface area contributed by atoms with Crippen LogP contribution in [0.15, 0.2) is 18.2 Å². The average Bonchev–Trinajstić information content (AvgIpc) is 2.90. The first-order valence-corrected chi connectivity index (χ1v) is 14.1. The van der Waals surface area contributed by atoms with Gasteiger partial charge in [0.15, 0.2) is 11.5 Å². The van der Waals surface area contributed by atoms with Crippen LogP contribution in [0.1, 0.15) is 91.5 Å². The lowest BCUT2D eigenvalue weighted by atomic mass is 10.1. The summed E-state index contributed by atoms with van der Waals surface area (Å²) >= 11 is 0. The van der Waals surface area contributed by atoms with Gasteiger partial charge in [0.1, 0.15) is 18.2 Å². The van der Waals surface area contributed by atoms with Gasteiger partial charge in [-0.2, -0.15) is 0 Å². The Morgan fingerprint density at radius 2 is 1.30 bits per heavy atom. The average molecular weight is 568 g/mol. The molecule has 0 aliphatic rings. The van der Waals surface area contributed by atoms with E-state index in [4.69, 9.17) is 34.2 Å². The van der Waals surface area contributed by atoms with Gasteiger partial charge in [0.05, 0.1) is 13.2 Å². The third-order valence-electron chi connectivity index (χ3n) is 5.85. The Kier molecular flexibility index (Phi) is 17.1. The fourth-order valence-corrected chi connectivity index (χ4v) is 3.27. The molecule has 0 heterocycles. The predicted octanol–water partition coefficient (Wildman–Crippen LogP) is 5.63. The van der Waals surface area contributed by atoms with Crippen LogP contribution in [0.3, 0.4) is 0 Å². The van der Waals surface area contributed by atoms with Crippen molar-refractivity contribution in [2.45, 2.75) is 111 Å². The first-order valence-electron chi connectivity index (χ1n) is 14.1. The largest absolute Gasteiger partial charge is 0.513 e. The van der Waals surface area contributed by atoms with Crippen LogP contribution >= 0.6 is 0 Å². The quantitative estimate of drug-likeness (QED) is 0.102. The molecule has 0 spiro atoms. The molecule has 1 rings (SSSR count). The van der Waals surface area contributed by atoms with Crippen LogP contribution in [0.4, 0.5) is 9.59 Å². The third kappa shape index (κ3) is 14.2. The molecule has 1 aromatic carbocycles. The summed E-state index contributed by atoms with van der Waals surface area (Å²) in [6.07, 6.45) is 2.75. The molecule has 0 saturated carbocycles. The number of ether oxygens (including phenoxy) is 6. The van der Waals surface area contributed by atoms with Crippen LogP contribution in [0.25, 0.3) is 0 Å². The zero-order valence-corrected chi connectivity index (χ0v) is 24.4. The molecule has 0 aliphatic heterocycles. The molecular formula is C29H45NO10. The molecule has 11 nitrogen and oxygen atoms in total. The van der Waals surface area contributed by atoms with E-state index in [1.165, 1.54) is 12.1 Å². The Morgan fingerprint density at radius 1 is 0.750 bits per heavy atom. The minimum absolute atomic E-state index is 0.0270. The van der Waals surface area contributed by atoms with E-state index in [0.717, 1.165) is 32.1 Å². The van der Waals surface area contributed by atoms with Crippen molar-refractivity contribution in [2.75, 3.05) is 13.2 Å². The summed E-state index contributed by atoms with van der Waals surface area (Å²) in [5.41, 5.74) is 6.59. The second-order valence-corrected chi connectivity index (χ2v) is 9.49. The number of unbranched alkanes of at least 4 members (excludes halogenated alkanes) is 4. The van der Waals surface area contributed by atoms with Crippen molar-refractivity contribution in [3.8, 4) is 11.5 Å². The molecule has 0 aromatic heterocycles. The molecule has 0 fully saturated rings. The minimum atomic E-state index is -1.06. The summed E-state index contributed by atoms with van der Waals surface area (Å²) in [7, 11) is 0. The second-order valence-electron chi connectivity index (χ2n) is 9.49. The molecule has 0 saturated heterocycles. The molecule has 2 N–H and O–H groups in total. The molecule has 0 amide bonds. The van der Waals surface area contributed by atoms with Crippen molar-refractivity contribution in [2.24, 2.45) is 5.73 Å². The molecular weight excluding hydrogens is 522 g/mol. The van der Waals surface area contributed by atoms with Crippen molar-refractivity contribution >= 4 is 24.2 Å². The SMILES string of the molecule is CCCCCC(=O)O[C@@H](C)[C@H](C)OC(=O)[C@@H](N)Cc1ccc(OC(=O)OCCCC)c(OC(=O)OCCCC)c1. The van der Waals surface area contributed by atoms with Crippen LogP contribution in [-0.4, -0.2) is 55.7 Å². The van der Waals surface area contributed by atoms with E-state index >= 15 is 0 Å². The number of nitrogens with two attached hydrogens (primary N) is 1. The molecule has 0 aliphatic carbocycles. The van der Waals surface area contributed by atoms with Gasteiger partial charge in [0.2, 0.25) is 0 Å². The Morgan fingerprint density at radius 3 is 1.88 bits per heavy atom. The van der Waals surface area contributed by atoms with Crippen LogP contribution in [0.5, 0.6) is 11.5 Å². The topological polar surface area (TPSA) is 150 Å². The molecule has 0 bridgehead atoms. The Hall–Kier alpha value is -3.34. The van der Waals surface area contributed by atoms with Crippen LogP contribution in [-0.2, 0) is 35.0 Å². The van der Waals surface area contributed by atoms with E-state index in [9.17, 15) is 19.2 Å². The van der Waals surface area contributed by atoms with Gasteiger partial charge < -0.3 is 34.2 Å². The third-order valence-corrected chi connectivity index (χ3v) is 5.85.